The highest BCUT2D eigenvalue weighted by Gasteiger charge is 2.07. The normalized spacial score (nSPS) is 10.2. The Balaban J connectivity index is 2.41. The number of methoxy groups -OCH3 is 1. The lowest BCUT2D eigenvalue weighted by Crippen LogP contribution is -2.04. The number of pyridine rings is 1. The summed E-state index contributed by atoms with van der Waals surface area (Å²) in [5.74, 6) is 0.242. The van der Waals surface area contributed by atoms with Crippen molar-refractivity contribution in [1.82, 2.24) is 4.98 Å². The number of esters is 1. The van der Waals surface area contributed by atoms with Gasteiger partial charge in [0.25, 0.3) is 0 Å². The summed E-state index contributed by atoms with van der Waals surface area (Å²) in [5.41, 5.74) is 1.32. The van der Waals surface area contributed by atoms with Gasteiger partial charge in [-0.25, -0.2) is 9.78 Å². The maximum Gasteiger partial charge on any atom is 0.338 e. The molecule has 1 aromatic carbocycles. The van der Waals surface area contributed by atoms with Gasteiger partial charge >= 0.3 is 5.97 Å². The Morgan fingerprint density at radius 2 is 2.12 bits per heavy atom. The smallest absolute Gasteiger partial charge is 0.338 e. The molecule has 0 aliphatic carbocycles. The number of fused-ring (bicyclic) bond motifs is 1. The lowest BCUT2D eigenvalue weighted by molar-refractivity contribution is 0.0526. The van der Waals surface area contributed by atoms with Gasteiger partial charge in [0.2, 0.25) is 5.88 Å². The molecule has 4 nitrogen and oxygen atoms in total. The van der Waals surface area contributed by atoms with E-state index in [4.69, 9.17) is 9.47 Å². The molecule has 0 N–H and O–H groups in total. The molecule has 4 heteroatoms. The van der Waals surface area contributed by atoms with E-state index < -0.39 is 0 Å². The summed E-state index contributed by atoms with van der Waals surface area (Å²) in [6.45, 7) is 2.16. The number of hydrogen-bond acceptors (Lipinski definition) is 4. The molecule has 0 radical (unpaired) electrons. The third-order valence-corrected chi connectivity index (χ3v) is 2.38. The molecular formula is C13H13NO3. The molecule has 0 aliphatic heterocycles. The van der Waals surface area contributed by atoms with E-state index in [9.17, 15) is 4.79 Å². The van der Waals surface area contributed by atoms with E-state index in [0.29, 0.717) is 18.1 Å². The molecule has 2 rings (SSSR count). The van der Waals surface area contributed by atoms with Gasteiger partial charge < -0.3 is 9.47 Å². The fourth-order valence-electron chi connectivity index (χ4n) is 1.56. The number of carbonyl (C=O) groups is 1. The molecule has 0 atom stereocenters. The van der Waals surface area contributed by atoms with Crippen LogP contribution in [-0.2, 0) is 4.74 Å². The molecule has 1 aromatic heterocycles. The Kier molecular flexibility index (Phi) is 3.23. The van der Waals surface area contributed by atoms with Crippen LogP contribution in [0.1, 0.15) is 17.3 Å². The average molecular weight is 231 g/mol. The summed E-state index contributed by atoms with van der Waals surface area (Å²) in [7, 11) is 1.57. The maximum atomic E-state index is 11.5. The monoisotopic (exact) mass is 231 g/mol. The van der Waals surface area contributed by atoms with Crippen molar-refractivity contribution < 1.29 is 14.3 Å². The van der Waals surface area contributed by atoms with E-state index in [1.54, 1.807) is 38.3 Å². The summed E-state index contributed by atoms with van der Waals surface area (Å²) in [6, 6.07) is 8.87. The molecule has 0 amide bonds. The lowest BCUT2D eigenvalue weighted by atomic mass is 10.1. The molecule has 0 spiro atoms. The van der Waals surface area contributed by atoms with Crippen molar-refractivity contribution in [1.29, 1.82) is 0 Å². The molecule has 0 aliphatic rings. The van der Waals surface area contributed by atoms with Gasteiger partial charge in [0.1, 0.15) is 0 Å². The van der Waals surface area contributed by atoms with Crippen LogP contribution < -0.4 is 4.74 Å². The third-order valence-electron chi connectivity index (χ3n) is 2.38. The van der Waals surface area contributed by atoms with Crippen LogP contribution in [0.4, 0.5) is 0 Å². The first-order valence-electron chi connectivity index (χ1n) is 5.36. The van der Waals surface area contributed by atoms with Crippen LogP contribution in [0.25, 0.3) is 10.9 Å². The van der Waals surface area contributed by atoms with Crippen molar-refractivity contribution >= 4 is 16.9 Å². The van der Waals surface area contributed by atoms with Gasteiger partial charge in [-0.15, -0.1) is 0 Å². The molecule has 2 aromatic rings. The first-order valence-corrected chi connectivity index (χ1v) is 5.36. The highest BCUT2D eigenvalue weighted by molar-refractivity contribution is 5.94. The standard InChI is InChI=1S/C13H13NO3/c1-3-17-13(15)10-4-6-11-9(8-10)5-7-12(14-11)16-2/h4-8H,3H2,1-2H3. The number of benzene rings is 1. The van der Waals surface area contributed by atoms with Crippen LogP contribution >= 0.6 is 0 Å². The van der Waals surface area contributed by atoms with Crippen LogP contribution in [-0.4, -0.2) is 24.7 Å². The zero-order valence-electron chi connectivity index (χ0n) is 9.77. The second-order valence-corrected chi connectivity index (χ2v) is 3.48. The number of nitrogens with zero attached hydrogens (tertiary/aromatic N) is 1. The topological polar surface area (TPSA) is 48.4 Å². The van der Waals surface area contributed by atoms with Crippen molar-refractivity contribution in [2.75, 3.05) is 13.7 Å². The quantitative estimate of drug-likeness (QED) is 0.761. The van der Waals surface area contributed by atoms with Crippen LogP contribution in [0.2, 0.25) is 0 Å². The molecular weight excluding hydrogens is 218 g/mol. The van der Waals surface area contributed by atoms with Gasteiger partial charge in [-0.05, 0) is 31.2 Å². The minimum absolute atomic E-state index is 0.315. The molecule has 17 heavy (non-hydrogen) atoms. The predicted octanol–water partition coefficient (Wildman–Crippen LogP) is 2.42. The van der Waals surface area contributed by atoms with Crippen molar-refractivity contribution in [3.8, 4) is 5.88 Å². The summed E-state index contributed by atoms with van der Waals surface area (Å²) in [4.78, 5) is 15.8. The van der Waals surface area contributed by atoms with Gasteiger partial charge in [-0.3, -0.25) is 0 Å². The van der Waals surface area contributed by atoms with Crippen LogP contribution in [0.5, 0.6) is 5.88 Å². The van der Waals surface area contributed by atoms with E-state index in [1.165, 1.54) is 0 Å². The largest absolute Gasteiger partial charge is 0.481 e. The SMILES string of the molecule is CCOC(=O)c1ccc2nc(OC)ccc2c1. The zero-order chi connectivity index (χ0) is 12.3. The Labute approximate surface area is 99.2 Å². The Morgan fingerprint density at radius 1 is 1.29 bits per heavy atom. The van der Waals surface area contributed by atoms with Crippen molar-refractivity contribution in [2.45, 2.75) is 6.92 Å². The van der Waals surface area contributed by atoms with Crippen molar-refractivity contribution in [2.24, 2.45) is 0 Å². The van der Waals surface area contributed by atoms with E-state index >= 15 is 0 Å². The Hall–Kier alpha value is -2.10. The molecule has 0 saturated carbocycles. The number of hydrogen-bond donors (Lipinski definition) is 0. The van der Waals surface area contributed by atoms with Gasteiger partial charge in [-0.2, -0.15) is 0 Å². The number of ether oxygens (including phenoxy) is 2. The van der Waals surface area contributed by atoms with Gasteiger partial charge in [0, 0.05) is 11.5 Å². The minimum atomic E-state index is -0.315. The van der Waals surface area contributed by atoms with Gasteiger partial charge in [0.15, 0.2) is 0 Å². The molecule has 0 saturated heterocycles. The van der Waals surface area contributed by atoms with Crippen molar-refractivity contribution in [3.05, 3.63) is 35.9 Å². The van der Waals surface area contributed by atoms with E-state index in [-0.39, 0.29) is 5.97 Å². The van der Waals surface area contributed by atoms with E-state index in [1.807, 2.05) is 6.07 Å². The summed E-state index contributed by atoms with van der Waals surface area (Å²) < 4.78 is 9.97. The van der Waals surface area contributed by atoms with E-state index in [2.05, 4.69) is 4.98 Å². The first kappa shape index (κ1) is 11.4. The molecule has 0 fully saturated rings. The summed E-state index contributed by atoms with van der Waals surface area (Å²) in [5, 5.41) is 0.886. The maximum absolute atomic E-state index is 11.5. The Morgan fingerprint density at radius 3 is 2.82 bits per heavy atom. The number of aromatic nitrogens is 1. The van der Waals surface area contributed by atoms with E-state index in [0.717, 1.165) is 10.9 Å². The molecule has 1 heterocycles. The fraction of sp³-hybridized carbons (Fsp3) is 0.231. The second-order valence-electron chi connectivity index (χ2n) is 3.48. The number of rotatable bonds is 3. The molecule has 0 bridgehead atoms. The lowest BCUT2D eigenvalue weighted by Gasteiger charge is -2.04. The average Bonchev–Trinajstić information content (AvgIpc) is 2.37. The van der Waals surface area contributed by atoms with Gasteiger partial charge in [-0.1, -0.05) is 0 Å². The number of carbonyl (C=O) groups excluding carboxylic acids is 1. The van der Waals surface area contributed by atoms with Gasteiger partial charge in [0.05, 0.1) is 24.8 Å². The van der Waals surface area contributed by atoms with Crippen molar-refractivity contribution in [3.63, 3.8) is 0 Å². The second kappa shape index (κ2) is 4.82. The van der Waals surface area contributed by atoms with Crippen LogP contribution in [0, 0.1) is 0 Å². The molecule has 0 unspecified atom stereocenters. The Bertz CT molecular complexity index is 551. The first-order chi connectivity index (χ1) is 8.24. The third kappa shape index (κ3) is 2.36. The van der Waals surface area contributed by atoms with Crippen LogP contribution in [0.15, 0.2) is 30.3 Å². The predicted molar refractivity (Wildman–Crippen MR) is 64.3 cm³/mol. The fourth-order valence-corrected chi connectivity index (χ4v) is 1.56. The summed E-state index contributed by atoms with van der Waals surface area (Å²) in [6.07, 6.45) is 0. The summed E-state index contributed by atoms with van der Waals surface area (Å²) >= 11 is 0. The minimum Gasteiger partial charge on any atom is -0.481 e. The molecule has 88 valence electrons. The highest BCUT2D eigenvalue weighted by Crippen LogP contribution is 2.18. The zero-order valence-corrected chi connectivity index (χ0v) is 9.77. The highest BCUT2D eigenvalue weighted by atomic mass is 16.5. The van der Waals surface area contributed by atoms with Crippen LogP contribution in [0.3, 0.4) is 0 Å².